The van der Waals surface area contributed by atoms with Crippen LogP contribution >= 0.6 is 11.3 Å². The quantitative estimate of drug-likeness (QED) is 0.122. The number of carbonyl (C=O) groups excluding carboxylic acids is 2. The molecule has 2 heterocycles. The van der Waals surface area contributed by atoms with Crippen LogP contribution in [0.5, 0.6) is 5.75 Å². The van der Waals surface area contributed by atoms with Gasteiger partial charge in [0.25, 0.3) is 6.33 Å². The molecule has 2 aromatic heterocycles. The summed E-state index contributed by atoms with van der Waals surface area (Å²) in [6.45, 7) is 10.5. The molecular formula is C39H41BrF2N6O5S. The molecule has 0 spiro atoms. The lowest BCUT2D eigenvalue weighted by molar-refractivity contribution is -0.689. The Morgan fingerprint density at radius 3 is 2.37 bits per heavy atom. The van der Waals surface area contributed by atoms with Crippen LogP contribution in [0.25, 0.3) is 11.3 Å². The van der Waals surface area contributed by atoms with E-state index in [0.29, 0.717) is 39.7 Å². The highest BCUT2D eigenvalue weighted by atomic mass is 79.9. The van der Waals surface area contributed by atoms with Gasteiger partial charge in [-0.2, -0.15) is 5.26 Å². The van der Waals surface area contributed by atoms with Gasteiger partial charge in [0.15, 0.2) is 0 Å². The number of halogens is 3. The third kappa shape index (κ3) is 9.93. The van der Waals surface area contributed by atoms with Gasteiger partial charge in [0.2, 0.25) is 6.33 Å². The molecular weight excluding hydrogens is 782 g/mol. The second-order valence-corrected chi connectivity index (χ2v) is 14.9. The summed E-state index contributed by atoms with van der Waals surface area (Å²) in [5, 5.41) is 28.3. The number of hydrogen-bond donors (Lipinski definition) is 1. The van der Waals surface area contributed by atoms with E-state index in [0.717, 1.165) is 28.2 Å². The lowest BCUT2D eigenvalue weighted by atomic mass is 9.82. The molecule has 0 aliphatic rings. The minimum atomic E-state index is -1.89. The first-order valence-corrected chi connectivity index (χ1v) is 17.6. The summed E-state index contributed by atoms with van der Waals surface area (Å²) in [7, 11) is 1.46. The standard InChI is InChI=1S/C39H41F2N6O5S.BrH/c1-24-14-28(15-25(2)35(24)51-34(48)19-45(7)37(49)52-38(4,5)6)18-46-22-43-47(23-46)21-39(50,31-13-12-30(40)16-32(31)41)26(3)36-44-33(20-53-36)29-10-8-27(17-42)9-11-29;/h8-16,20,22-23,26,50H,18-19,21H2,1-7H3;1H/q+1;/p-1/t26-,39+;/m0./s1. The number of nitriles is 1. The summed E-state index contributed by atoms with van der Waals surface area (Å²) in [6, 6.07) is 15.9. The predicted octanol–water partition coefficient (Wildman–Crippen LogP) is 3.58. The van der Waals surface area contributed by atoms with Gasteiger partial charge >= 0.3 is 12.1 Å². The number of esters is 1. The maximum atomic E-state index is 15.4. The molecule has 0 bridgehead atoms. The molecule has 2 atom stereocenters. The number of nitrogens with zero attached hydrogens (tertiary/aromatic N) is 6. The number of benzene rings is 3. The van der Waals surface area contributed by atoms with Crippen molar-refractivity contribution in [1.82, 2.24) is 19.7 Å². The number of rotatable bonds is 11. The second-order valence-electron chi connectivity index (χ2n) is 14.0. The van der Waals surface area contributed by atoms with Gasteiger partial charge < -0.3 is 36.5 Å². The van der Waals surface area contributed by atoms with Crippen LogP contribution in [0.4, 0.5) is 13.6 Å². The average Bonchev–Trinajstić information content (AvgIpc) is 3.75. The smallest absolute Gasteiger partial charge is 0.410 e. The number of aliphatic hydroxyl groups is 1. The third-order valence-electron chi connectivity index (χ3n) is 8.52. The minimum Gasteiger partial charge on any atom is -1.00 e. The molecule has 1 N–H and O–H groups in total. The normalized spacial score (nSPS) is 12.9. The number of aryl methyl sites for hydroxylation is 2. The Morgan fingerprint density at radius 1 is 1.09 bits per heavy atom. The maximum Gasteiger partial charge on any atom is 0.410 e. The molecule has 15 heteroatoms. The lowest BCUT2D eigenvalue weighted by Crippen LogP contribution is -3.00. The first-order chi connectivity index (χ1) is 24.9. The van der Waals surface area contributed by atoms with Crippen LogP contribution in [0.1, 0.15) is 66.4 Å². The second kappa shape index (κ2) is 17.0. The number of thiazole rings is 1. The summed E-state index contributed by atoms with van der Waals surface area (Å²) < 4.78 is 43.6. The number of amides is 1. The van der Waals surface area contributed by atoms with E-state index >= 15 is 4.39 Å². The zero-order valence-electron chi connectivity index (χ0n) is 30.9. The van der Waals surface area contributed by atoms with Crippen LogP contribution in [-0.2, 0) is 28.2 Å². The fraction of sp³-hybridized carbons (Fsp3) is 0.333. The summed E-state index contributed by atoms with van der Waals surface area (Å²) in [5.41, 5.74) is 1.54. The van der Waals surface area contributed by atoms with Crippen molar-refractivity contribution < 1.29 is 54.5 Å². The zero-order valence-corrected chi connectivity index (χ0v) is 33.3. The van der Waals surface area contributed by atoms with E-state index in [9.17, 15) is 19.1 Å². The van der Waals surface area contributed by atoms with E-state index in [1.165, 1.54) is 29.1 Å². The van der Waals surface area contributed by atoms with Gasteiger partial charge in [-0.05, 0) is 81.6 Å². The van der Waals surface area contributed by atoms with Crippen molar-refractivity contribution in [3.8, 4) is 23.1 Å². The number of hydrogen-bond acceptors (Lipinski definition) is 9. The summed E-state index contributed by atoms with van der Waals surface area (Å²) >= 11 is 1.30. The minimum absolute atomic E-state index is 0. The fourth-order valence-electron chi connectivity index (χ4n) is 5.86. The molecule has 0 aliphatic carbocycles. The topological polar surface area (TPSA) is 134 Å². The van der Waals surface area contributed by atoms with Crippen molar-refractivity contribution in [1.29, 1.82) is 5.26 Å². The van der Waals surface area contributed by atoms with Gasteiger partial charge in [-0.1, -0.05) is 25.1 Å². The highest BCUT2D eigenvalue weighted by molar-refractivity contribution is 7.10. The van der Waals surface area contributed by atoms with E-state index in [-0.39, 0.29) is 35.6 Å². The molecule has 0 saturated carbocycles. The molecule has 0 radical (unpaired) electrons. The Bertz CT molecular complexity index is 2160. The van der Waals surface area contributed by atoms with Crippen LogP contribution in [0.2, 0.25) is 0 Å². The van der Waals surface area contributed by atoms with Gasteiger partial charge in [0, 0.05) is 40.6 Å². The molecule has 0 fully saturated rings. The first-order valence-electron chi connectivity index (χ1n) is 16.8. The molecule has 54 heavy (non-hydrogen) atoms. The van der Waals surface area contributed by atoms with Crippen molar-refractivity contribution in [2.45, 2.75) is 71.8 Å². The van der Waals surface area contributed by atoms with Crippen LogP contribution in [0, 0.1) is 36.8 Å². The fourth-order valence-corrected chi connectivity index (χ4v) is 6.83. The summed E-state index contributed by atoms with van der Waals surface area (Å²) in [6.07, 6.45) is 2.61. The largest absolute Gasteiger partial charge is 1.00 e. The molecule has 5 aromatic rings. The SMILES string of the molecule is Cc1cc(C[n+]2cnn(C[C@](O)(c3ccc(F)cc3F)[C@@H](C)c3nc(-c4ccc(C#N)cc4)cs3)c2)cc(C)c1OC(=O)CN(C)C(=O)OC(C)(C)C.[Br-]. The average molecular weight is 824 g/mol. The van der Waals surface area contributed by atoms with E-state index < -0.39 is 40.8 Å². The number of likely N-dealkylation sites (N-methyl/N-ethyl adjacent to an activating group) is 1. The Balaban J connectivity index is 0.00000650. The van der Waals surface area contributed by atoms with E-state index in [1.54, 1.807) is 69.2 Å². The van der Waals surface area contributed by atoms with Gasteiger partial charge in [0.05, 0.1) is 28.9 Å². The number of aromatic nitrogens is 4. The van der Waals surface area contributed by atoms with Crippen molar-refractivity contribution in [3.05, 3.63) is 117 Å². The number of ether oxygens (including phenoxy) is 2. The lowest BCUT2D eigenvalue weighted by Gasteiger charge is -2.32. The van der Waals surface area contributed by atoms with Crippen LogP contribution in [0.15, 0.2) is 72.6 Å². The molecule has 3 aromatic carbocycles. The molecule has 0 saturated heterocycles. The molecule has 0 aliphatic heterocycles. The summed E-state index contributed by atoms with van der Waals surface area (Å²) in [5.74, 6) is -2.64. The van der Waals surface area contributed by atoms with Crippen LogP contribution in [0.3, 0.4) is 0 Å². The van der Waals surface area contributed by atoms with Crippen molar-refractivity contribution >= 4 is 23.4 Å². The number of carbonyl (C=O) groups is 2. The van der Waals surface area contributed by atoms with E-state index in [4.69, 9.17) is 19.7 Å². The van der Waals surface area contributed by atoms with Crippen molar-refractivity contribution in [2.75, 3.05) is 13.6 Å². The highest BCUT2D eigenvalue weighted by Gasteiger charge is 2.43. The van der Waals surface area contributed by atoms with Crippen LogP contribution in [-0.4, -0.2) is 56.0 Å². The molecule has 11 nitrogen and oxygen atoms in total. The van der Waals surface area contributed by atoms with Gasteiger partial charge in [-0.3, -0.25) is 0 Å². The Kier molecular flexibility index (Phi) is 13.1. The molecule has 0 unspecified atom stereocenters. The molecule has 1 amide bonds. The Morgan fingerprint density at radius 2 is 1.76 bits per heavy atom. The van der Waals surface area contributed by atoms with Gasteiger partial charge in [0.1, 0.15) is 41.7 Å². The molecule has 284 valence electrons. The maximum absolute atomic E-state index is 15.4. The van der Waals surface area contributed by atoms with E-state index in [1.807, 2.05) is 31.4 Å². The molecule has 5 rings (SSSR count). The zero-order chi connectivity index (χ0) is 38.7. The van der Waals surface area contributed by atoms with Crippen LogP contribution < -0.4 is 26.3 Å². The predicted molar refractivity (Wildman–Crippen MR) is 193 cm³/mol. The van der Waals surface area contributed by atoms with Crippen molar-refractivity contribution in [2.24, 2.45) is 0 Å². The third-order valence-corrected chi connectivity index (χ3v) is 9.55. The highest BCUT2D eigenvalue weighted by Crippen LogP contribution is 2.41. The Labute approximate surface area is 327 Å². The monoisotopic (exact) mass is 822 g/mol. The van der Waals surface area contributed by atoms with Gasteiger partial charge in [-0.15, -0.1) is 16.0 Å². The first kappa shape index (κ1) is 41.7. The summed E-state index contributed by atoms with van der Waals surface area (Å²) in [4.78, 5) is 30.9. The van der Waals surface area contributed by atoms with Gasteiger partial charge in [-0.25, -0.2) is 27.9 Å². The van der Waals surface area contributed by atoms with Crippen molar-refractivity contribution in [3.63, 3.8) is 0 Å². The van der Waals surface area contributed by atoms with E-state index in [2.05, 4.69) is 11.2 Å². The Hall–Kier alpha value is -5.04.